The van der Waals surface area contributed by atoms with E-state index < -0.39 is 30.3 Å². The molecule has 0 saturated heterocycles. The number of carbonyl (C=O) groups is 4. The Morgan fingerprint density at radius 1 is 1.00 bits per heavy atom. The van der Waals surface area contributed by atoms with Gasteiger partial charge in [-0.05, 0) is 54.4 Å². The van der Waals surface area contributed by atoms with E-state index in [1.165, 1.54) is 24.5 Å². The maximum atomic E-state index is 12.7. The first kappa shape index (κ1) is 22.3. The average molecular weight is 467 g/mol. The van der Waals surface area contributed by atoms with Crippen molar-refractivity contribution in [1.29, 1.82) is 0 Å². The van der Waals surface area contributed by atoms with Crippen molar-refractivity contribution < 1.29 is 28.3 Å². The Morgan fingerprint density at radius 3 is 2.48 bits per heavy atom. The Morgan fingerprint density at radius 2 is 1.76 bits per heavy atom. The smallest absolute Gasteiger partial charge is 0.338 e. The molecule has 9 heteroatoms. The number of halogens is 1. The molecular weight excluding hydrogens is 448 g/mol. The van der Waals surface area contributed by atoms with Crippen LogP contribution < -0.4 is 5.32 Å². The topological polar surface area (TPSA) is 106 Å². The van der Waals surface area contributed by atoms with Crippen molar-refractivity contribution in [3.8, 4) is 0 Å². The molecule has 2 aromatic carbocycles. The summed E-state index contributed by atoms with van der Waals surface area (Å²) in [7, 11) is 0. The van der Waals surface area contributed by atoms with Crippen molar-refractivity contribution in [3.05, 3.63) is 93.9 Å². The van der Waals surface area contributed by atoms with E-state index in [4.69, 9.17) is 20.8 Å². The molecule has 3 aromatic rings. The average Bonchev–Trinajstić information content (AvgIpc) is 3.41. The summed E-state index contributed by atoms with van der Waals surface area (Å²) < 4.78 is 10.3. The third kappa shape index (κ3) is 5.12. The maximum absolute atomic E-state index is 12.7. The van der Waals surface area contributed by atoms with Gasteiger partial charge in [0.25, 0.3) is 17.7 Å². The lowest BCUT2D eigenvalue weighted by Crippen LogP contribution is -2.30. The molecule has 1 aliphatic heterocycles. The number of amides is 3. The van der Waals surface area contributed by atoms with Crippen molar-refractivity contribution in [1.82, 2.24) is 10.2 Å². The lowest BCUT2D eigenvalue weighted by atomic mass is 10.1. The molecule has 33 heavy (non-hydrogen) atoms. The molecule has 1 aliphatic rings. The van der Waals surface area contributed by atoms with Gasteiger partial charge in [0, 0.05) is 11.6 Å². The molecule has 0 fully saturated rings. The molecule has 3 amide bonds. The third-order valence-electron chi connectivity index (χ3n) is 5.08. The monoisotopic (exact) mass is 466 g/mol. The number of fused-ring (bicyclic) bond motifs is 1. The Hall–Kier alpha value is -3.91. The predicted molar refractivity (Wildman–Crippen MR) is 118 cm³/mol. The number of ether oxygens (including phenoxy) is 1. The molecule has 0 saturated carbocycles. The van der Waals surface area contributed by atoms with Crippen LogP contribution in [0.3, 0.4) is 0 Å². The van der Waals surface area contributed by atoms with Crippen molar-refractivity contribution >= 4 is 35.3 Å². The normalized spacial score (nSPS) is 12.6. The summed E-state index contributed by atoms with van der Waals surface area (Å²) in [5.41, 5.74) is 1.38. The first-order valence-corrected chi connectivity index (χ1v) is 10.5. The Kier molecular flexibility index (Phi) is 6.55. The number of imide groups is 1. The number of benzene rings is 2. The number of carbonyl (C=O) groups excluding carboxylic acids is 4. The van der Waals surface area contributed by atoms with Gasteiger partial charge in [0.05, 0.1) is 29.5 Å². The van der Waals surface area contributed by atoms with Crippen LogP contribution in [0.15, 0.2) is 65.3 Å². The van der Waals surface area contributed by atoms with E-state index in [9.17, 15) is 19.2 Å². The second kappa shape index (κ2) is 9.70. The van der Waals surface area contributed by atoms with Crippen LogP contribution in [0.2, 0.25) is 5.02 Å². The van der Waals surface area contributed by atoms with Gasteiger partial charge in [-0.2, -0.15) is 0 Å². The highest BCUT2D eigenvalue weighted by atomic mass is 35.5. The molecule has 0 atom stereocenters. The van der Waals surface area contributed by atoms with E-state index in [2.05, 4.69) is 5.32 Å². The van der Waals surface area contributed by atoms with Gasteiger partial charge in [-0.15, -0.1) is 0 Å². The minimum atomic E-state index is -0.768. The lowest BCUT2D eigenvalue weighted by Gasteiger charge is -2.11. The van der Waals surface area contributed by atoms with Crippen LogP contribution in [0, 0.1) is 0 Å². The summed E-state index contributed by atoms with van der Waals surface area (Å²) in [5, 5.41) is 3.31. The first-order chi connectivity index (χ1) is 15.9. The molecule has 1 aromatic heterocycles. The molecule has 0 radical (unpaired) electrons. The van der Waals surface area contributed by atoms with Gasteiger partial charge in [0.2, 0.25) is 0 Å². The van der Waals surface area contributed by atoms with Crippen LogP contribution in [0.25, 0.3) is 0 Å². The van der Waals surface area contributed by atoms with Gasteiger partial charge < -0.3 is 14.5 Å². The van der Waals surface area contributed by atoms with Crippen LogP contribution in [0.1, 0.15) is 42.4 Å². The zero-order valence-corrected chi connectivity index (χ0v) is 18.1. The zero-order valence-electron chi connectivity index (χ0n) is 17.4. The summed E-state index contributed by atoms with van der Waals surface area (Å²) >= 11 is 5.84. The minimum Gasteiger partial charge on any atom is -0.467 e. The Bertz CT molecular complexity index is 1200. The van der Waals surface area contributed by atoms with E-state index in [0.29, 0.717) is 23.7 Å². The highest BCUT2D eigenvalue weighted by Gasteiger charge is 2.36. The standard InChI is InChI=1S/C24H19ClN2O6/c25-17-6-3-15(4-7-17)9-10-26-21(28)14-33-24(31)16-5-8-19-20(12-16)23(30)27(22(19)29)13-18-2-1-11-32-18/h1-8,11-12H,9-10,13-14H2,(H,26,28). The number of rotatable bonds is 8. The summed E-state index contributed by atoms with van der Waals surface area (Å²) in [5.74, 6) is -1.75. The lowest BCUT2D eigenvalue weighted by molar-refractivity contribution is -0.124. The molecule has 0 unspecified atom stereocenters. The Balaban J connectivity index is 1.30. The molecule has 0 aliphatic carbocycles. The fourth-order valence-corrected chi connectivity index (χ4v) is 3.51. The van der Waals surface area contributed by atoms with E-state index in [0.717, 1.165) is 10.5 Å². The molecular formula is C24H19ClN2O6. The van der Waals surface area contributed by atoms with Crippen LogP contribution in [0.4, 0.5) is 0 Å². The summed E-state index contributed by atoms with van der Waals surface area (Å²) in [6.07, 6.45) is 2.06. The molecule has 2 heterocycles. The second-order valence-electron chi connectivity index (χ2n) is 7.34. The second-order valence-corrected chi connectivity index (χ2v) is 7.78. The molecule has 8 nitrogen and oxygen atoms in total. The van der Waals surface area contributed by atoms with Crippen LogP contribution >= 0.6 is 11.6 Å². The predicted octanol–water partition coefficient (Wildman–Crippen LogP) is 3.24. The van der Waals surface area contributed by atoms with Gasteiger partial charge in [-0.25, -0.2) is 4.79 Å². The molecule has 168 valence electrons. The van der Waals surface area contributed by atoms with Gasteiger partial charge in [0.15, 0.2) is 6.61 Å². The summed E-state index contributed by atoms with van der Waals surface area (Å²) in [6.45, 7) is -0.0949. The quantitative estimate of drug-likeness (QED) is 0.403. The number of nitrogens with zero attached hydrogens (tertiary/aromatic N) is 1. The van der Waals surface area contributed by atoms with E-state index in [1.807, 2.05) is 12.1 Å². The number of hydrogen-bond donors (Lipinski definition) is 1. The first-order valence-electron chi connectivity index (χ1n) is 10.1. The molecule has 1 N–H and O–H groups in total. The van der Waals surface area contributed by atoms with Crippen molar-refractivity contribution in [2.45, 2.75) is 13.0 Å². The summed E-state index contributed by atoms with van der Waals surface area (Å²) in [6, 6.07) is 14.7. The fourth-order valence-electron chi connectivity index (χ4n) is 3.38. The van der Waals surface area contributed by atoms with Crippen LogP contribution in [-0.4, -0.2) is 41.7 Å². The van der Waals surface area contributed by atoms with Gasteiger partial charge >= 0.3 is 5.97 Å². The maximum Gasteiger partial charge on any atom is 0.338 e. The zero-order chi connectivity index (χ0) is 23.4. The van der Waals surface area contributed by atoms with E-state index >= 15 is 0 Å². The number of nitrogens with one attached hydrogen (secondary N) is 1. The van der Waals surface area contributed by atoms with Crippen LogP contribution in [0.5, 0.6) is 0 Å². The number of hydrogen-bond acceptors (Lipinski definition) is 6. The number of furan rings is 1. The molecule has 0 bridgehead atoms. The third-order valence-corrected chi connectivity index (χ3v) is 5.34. The minimum absolute atomic E-state index is 0.00464. The fraction of sp³-hybridized carbons (Fsp3) is 0.167. The largest absolute Gasteiger partial charge is 0.467 e. The summed E-state index contributed by atoms with van der Waals surface area (Å²) in [4.78, 5) is 50.6. The number of esters is 1. The van der Waals surface area contributed by atoms with Crippen molar-refractivity contribution in [2.75, 3.05) is 13.2 Å². The van der Waals surface area contributed by atoms with Crippen LogP contribution in [-0.2, 0) is 22.5 Å². The van der Waals surface area contributed by atoms with Crippen molar-refractivity contribution in [3.63, 3.8) is 0 Å². The van der Waals surface area contributed by atoms with Crippen molar-refractivity contribution in [2.24, 2.45) is 0 Å². The molecule has 0 spiro atoms. The van der Waals surface area contributed by atoms with Gasteiger partial charge in [-0.3, -0.25) is 19.3 Å². The SMILES string of the molecule is O=C(COC(=O)c1ccc2c(c1)C(=O)N(Cc1ccco1)C2=O)NCCc1ccc(Cl)cc1. The van der Waals surface area contributed by atoms with E-state index in [1.54, 1.807) is 24.3 Å². The van der Waals surface area contributed by atoms with Gasteiger partial charge in [0.1, 0.15) is 5.76 Å². The Labute approximate surface area is 194 Å². The van der Waals surface area contributed by atoms with Gasteiger partial charge in [-0.1, -0.05) is 23.7 Å². The van der Waals surface area contributed by atoms with E-state index in [-0.39, 0.29) is 23.2 Å². The highest BCUT2D eigenvalue weighted by Crippen LogP contribution is 2.26. The molecule has 4 rings (SSSR count). The highest BCUT2D eigenvalue weighted by molar-refractivity contribution is 6.30.